The third kappa shape index (κ3) is 5.96. The van der Waals surface area contributed by atoms with Gasteiger partial charge in [0.25, 0.3) is 0 Å². The highest BCUT2D eigenvalue weighted by atomic mass is 35.5. The maximum atomic E-state index is 12.6. The van der Waals surface area contributed by atoms with Gasteiger partial charge in [-0.15, -0.1) is 12.4 Å². The second-order valence-corrected chi connectivity index (χ2v) is 5.90. The number of amides is 1. The predicted octanol–water partition coefficient (Wildman–Crippen LogP) is 2.80. The third-order valence-electron chi connectivity index (χ3n) is 4.33. The number of nitrogens with zero attached hydrogens (tertiary/aromatic N) is 1. The van der Waals surface area contributed by atoms with E-state index in [1.807, 2.05) is 17.0 Å². The summed E-state index contributed by atoms with van der Waals surface area (Å²) in [5.74, 6) is 1.02. The lowest BCUT2D eigenvalue weighted by molar-refractivity contribution is -0.132. The minimum Gasteiger partial charge on any atom is -0.497 e. The molecule has 0 bridgehead atoms. The van der Waals surface area contributed by atoms with Crippen LogP contribution in [-0.4, -0.2) is 51.3 Å². The summed E-state index contributed by atoms with van der Waals surface area (Å²) in [7, 11) is 3.33. The molecule has 1 aromatic carbocycles. The Bertz CT molecular complexity index is 482. The van der Waals surface area contributed by atoms with Crippen LogP contribution in [-0.2, 0) is 9.53 Å². The molecule has 1 unspecified atom stereocenters. The van der Waals surface area contributed by atoms with E-state index in [2.05, 4.69) is 17.4 Å². The molecule has 0 radical (unpaired) electrons. The molecule has 1 fully saturated rings. The Kier molecular flexibility index (Phi) is 9.76. The first kappa shape index (κ1) is 20.7. The standard InChI is InChI=1S/C18H28N2O3.ClH/c1-22-13-11-19-14-18(21)20-12-5-3-4-6-17(20)15-7-9-16(23-2)10-8-15;/h7-10,17,19H,3-6,11-14H2,1-2H3;1H. The van der Waals surface area contributed by atoms with E-state index in [-0.39, 0.29) is 24.4 Å². The van der Waals surface area contributed by atoms with Crippen LogP contribution in [0.1, 0.15) is 37.3 Å². The van der Waals surface area contributed by atoms with Crippen LogP contribution in [0.2, 0.25) is 0 Å². The van der Waals surface area contributed by atoms with Gasteiger partial charge in [0.1, 0.15) is 5.75 Å². The molecular weight excluding hydrogens is 328 g/mol. The highest BCUT2D eigenvalue weighted by molar-refractivity contribution is 5.85. The fourth-order valence-electron chi connectivity index (χ4n) is 3.05. The summed E-state index contributed by atoms with van der Waals surface area (Å²) in [6.45, 7) is 2.52. The molecule has 2 rings (SSSR count). The summed E-state index contributed by atoms with van der Waals surface area (Å²) in [5.41, 5.74) is 1.19. The van der Waals surface area contributed by atoms with E-state index >= 15 is 0 Å². The average Bonchev–Trinajstić information content (AvgIpc) is 2.84. The van der Waals surface area contributed by atoms with Gasteiger partial charge < -0.3 is 19.7 Å². The van der Waals surface area contributed by atoms with E-state index in [4.69, 9.17) is 9.47 Å². The molecule has 24 heavy (non-hydrogen) atoms. The van der Waals surface area contributed by atoms with Gasteiger partial charge in [0.2, 0.25) is 5.91 Å². The number of methoxy groups -OCH3 is 2. The molecule has 0 saturated carbocycles. The summed E-state index contributed by atoms with van der Waals surface area (Å²) in [5, 5.41) is 3.16. The lowest BCUT2D eigenvalue weighted by Gasteiger charge is -2.31. The van der Waals surface area contributed by atoms with Gasteiger partial charge in [-0.2, -0.15) is 0 Å². The summed E-state index contributed by atoms with van der Waals surface area (Å²) >= 11 is 0. The fraction of sp³-hybridized carbons (Fsp3) is 0.611. The Labute approximate surface area is 151 Å². The van der Waals surface area contributed by atoms with Crippen LogP contribution >= 0.6 is 12.4 Å². The van der Waals surface area contributed by atoms with Crippen molar-refractivity contribution in [3.63, 3.8) is 0 Å². The number of carbonyl (C=O) groups excluding carboxylic acids is 1. The van der Waals surface area contributed by atoms with Crippen LogP contribution in [0.25, 0.3) is 0 Å². The molecule has 1 atom stereocenters. The van der Waals surface area contributed by atoms with Gasteiger partial charge in [-0.05, 0) is 30.5 Å². The fourth-order valence-corrected chi connectivity index (χ4v) is 3.05. The molecule has 0 spiro atoms. The Morgan fingerprint density at radius 2 is 1.96 bits per heavy atom. The van der Waals surface area contributed by atoms with Crippen LogP contribution in [0.3, 0.4) is 0 Å². The van der Waals surface area contributed by atoms with Crippen molar-refractivity contribution in [3.05, 3.63) is 29.8 Å². The molecule has 1 amide bonds. The van der Waals surface area contributed by atoms with Crippen LogP contribution < -0.4 is 10.1 Å². The Balaban J connectivity index is 0.00000288. The van der Waals surface area contributed by atoms with Crippen molar-refractivity contribution in [2.75, 3.05) is 40.5 Å². The lowest BCUT2D eigenvalue weighted by atomic mass is 10.0. The predicted molar refractivity (Wildman–Crippen MR) is 97.9 cm³/mol. The van der Waals surface area contributed by atoms with E-state index in [1.165, 1.54) is 12.0 Å². The second-order valence-electron chi connectivity index (χ2n) is 5.90. The minimum absolute atomic E-state index is 0. The quantitative estimate of drug-likeness (QED) is 0.763. The molecule has 0 aromatic heterocycles. The number of halogens is 1. The van der Waals surface area contributed by atoms with Gasteiger partial charge >= 0.3 is 0 Å². The zero-order valence-corrected chi connectivity index (χ0v) is 15.4. The summed E-state index contributed by atoms with van der Waals surface area (Å²) in [6, 6.07) is 8.26. The Hall–Kier alpha value is -1.30. The van der Waals surface area contributed by atoms with Crippen molar-refractivity contribution in [2.24, 2.45) is 0 Å². The molecule has 6 heteroatoms. The number of carbonyl (C=O) groups is 1. The first-order valence-electron chi connectivity index (χ1n) is 8.39. The molecule has 5 nitrogen and oxygen atoms in total. The number of hydrogen-bond donors (Lipinski definition) is 1. The van der Waals surface area contributed by atoms with Crippen LogP contribution in [0.4, 0.5) is 0 Å². The van der Waals surface area contributed by atoms with Crippen molar-refractivity contribution in [1.82, 2.24) is 10.2 Å². The average molecular weight is 357 g/mol. The molecule has 1 saturated heterocycles. The maximum absolute atomic E-state index is 12.6. The SMILES string of the molecule is COCCNCC(=O)N1CCCCCC1c1ccc(OC)cc1.Cl. The molecule has 1 aromatic rings. The van der Waals surface area contributed by atoms with E-state index in [9.17, 15) is 4.79 Å². The molecule has 1 N–H and O–H groups in total. The minimum atomic E-state index is 0. The first-order valence-corrected chi connectivity index (χ1v) is 8.39. The number of hydrogen-bond acceptors (Lipinski definition) is 4. The highest BCUT2D eigenvalue weighted by Gasteiger charge is 2.26. The summed E-state index contributed by atoms with van der Waals surface area (Å²) < 4.78 is 10.2. The zero-order valence-electron chi connectivity index (χ0n) is 14.6. The van der Waals surface area contributed by atoms with Gasteiger partial charge in [-0.1, -0.05) is 25.0 Å². The molecule has 1 aliphatic rings. The van der Waals surface area contributed by atoms with Crippen LogP contribution in [0.5, 0.6) is 5.75 Å². The molecule has 0 aliphatic carbocycles. The van der Waals surface area contributed by atoms with E-state index in [0.29, 0.717) is 19.7 Å². The van der Waals surface area contributed by atoms with Gasteiger partial charge in [0.05, 0.1) is 26.3 Å². The monoisotopic (exact) mass is 356 g/mol. The lowest BCUT2D eigenvalue weighted by Crippen LogP contribution is -2.41. The van der Waals surface area contributed by atoms with Crippen LogP contribution in [0.15, 0.2) is 24.3 Å². The van der Waals surface area contributed by atoms with E-state index < -0.39 is 0 Å². The Morgan fingerprint density at radius 1 is 1.21 bits per heavy atom. The van der Waals surface area contributed by atoms with Gasteiger partial charge in [-0.25, -0.2) is 0 Å². The number of likely N-dealkylation sites (tertiary alicyclic amines) is 1. The largest absolute Gasteiger partial charge is 0.497 e. The number of ether oxygens (including phenoxy) is 2. The maximum Gasteiger partial charge on any atom is 0.237 e. The first-order chi connectivity index (χ1) is 11.3. The normalized spacial score (nSPS) is 17.8. The van der Waals surface area contributed by atoms with Gasteiger partial charge in [0, 0.05) is 20.2 Å². The van der Waals surface area contributed by atoms with Crippen LogP contribution in [0, 0.1) is 0 Å². The second kappa shape index (κ2) is 11.3. The number of benzene rings is 1. The summed E-state index contributed by atoms with van der Waals surface area (Å²) in [6.07, 6.45) is 4.46. The molecule has 136 valence electrons. The van der Waals surface area contributed by atoms with E-state index in [1.54, 1.807) is 14.2 Å². The molecule has 1 heterocycles. The molecule has 1 aliphatic heterocycles. The topological polar surface area (TPSA) is 50.8 Å². The van der Waals surface area contributed by atoms with Gasteiger partial charge in [0.15, 0.2) is 0 Å². The molecular formula is C18H29ClN2O3. The van der Waals surface area contributed by atoms with Crippen molar-refractivity contribution in [1.29, 1.82) is 0 Å². The smallest absolute Gasteiger partial charge is 0.237 e. The number of rotatable bonds is 7. The zero-order chi connectivity index (χ0) is 16.5. The van der Waals surface area contributed by atoms with Crippen molar-refractivity contribution < 1.29 is 14.3 Å². The van der Waals surface area contributed by atoms with Gasteiger partial charge in [-0.3, -0.25) is 4.79 Å². The summed E-state index contributed by atoms with van der Waals surface area (Å²) in [4.78, 5) is 14.7. The Morgan fingerprint density at radius 3 is 2.62 bits per heavy atom. The van der Waals surface area contributed by atoms with Crippen molar-refractivity contribution in [3.8, 4) is 5.75 Å². The van der Waals surface area contributed by atoms with E-state index in [0.717, 1.165) is 31.6 Å². The van der Waals surface area contributed by atoms with Crippen molar-refractivity contribution in [2.45, 2.75) is 31.7 Å². The third-order valence-corrected chi connectivity index (χ3v) is 4.33. The number of nitrogens with one attached hydrogen (secondary N) is 1. The van der Waals surface area contributed by atoms with Crippen molar-refractivity contribution >= 4 is 18.3 Å². The highest BCUT2D eigenvalue weighted by Crippen LogP contribution is 2.31.